The van der Waals surface area contributed by atoms with Crippen LogP contribution in [0.15, 0.2) is 29.4 Å². The molecule has 1 aromatic carbocycles. The van der Waals surface area contributed by atoms with Gasteiger partial charge in [-0.2, -0.15) is 0 Å². The summed E-state index contributed by atoms with van der Waals surface area (Å²) in [6, 6.07) is 6.69. The number of halogens is 1. The van der Waals surface area contributed by atoms with Crippen molar-refractivity contribution in [2.75, 3.05) is 6.54 Å². The molecule has 0 fully saturated rings. The summed E-state index contributed by atoms with van der Waals surface area (Å²) in [5, 5.41) is 3.83. The van der Waals surface area contributed by atoms with E-state index in [0.29, 0.717) is 10.6 Å². The molecule has 0 saturated carbocycles. The molecule has 0 heterocycles. The van der Waals surface area contributed by atoms with Gasteiger partial charge in [0.25, 0.3) is 0 Å². The van der Waals surface area contributed by atoms with Gasteiger partial charge < -0.3 is 10.5 Å². The fourth-order valence-corrected chi connectivity index (χ4v) is 1.37. The van der Waals surface area contributed by atoms with Crippen LogP contribution in [0.25, 0.3) is 10.4 Å². The Kier molecular flexibility index (Phi) is 4.44. The zero-order valence-corrected chi connectivity index (χ0v) is 8.96. The van der Waals surface area contributed by atoms with Gasteiger partial charge in [-0.1, -0.05) is 28.8 Å². The lowest BCUT2D eigenvalue weighted by atomic mass is 10.1. The molecule has 0 aliphatic rings. The molecular formula is C9H9ClN4O2. The number of ether oxygens (including phenoxy) is 1. The van der Waals surface area contributed by atoms with Crippen LogP contribution in [0.1, 0.15) is 11.7 Å². The number of amides is 1. The van der Waals surface area contributed by atoms with E-state index in [0.717, 1.165) is 0 Å². The van der Waals surface area contributed by atoms with E-state index in [1.54, 1.807) is 24.3 Å². The second kappa shape index (κ2) is 5.85. The summed E-state index contributed by atoms with van der Waals surface area (Å²) in [6.07, 6.45) is -1.65. The Hall–Kier alpha value is -1.91. The predicted molar refractivity (Wildman–Crippen MR) is 58.9 cm³/mol. The van der Waals surface area contributed by atoms with Crippen LogP contribution < -0.4 is 5.73 Å². The Morgan fingerprint density at radius 3 is 3.00 bits per heavy atom. The fourth-order valence-electron chi connectivity index (χ4n) is 1.17. The van der Waals surface area contributed by atoms with E-state index in [2.05, 4.69) is 10.0 Å². The van der Waals surface area contributed by atoms with Crippen molar-refractivity contribution in [3.8, 4) is 0 Å². The Morgan fingerprint density at radius 1 is 1.69 bits per heavy atom. The second-order valence-corrected chi connectivity index (χ2v) is 3.33. The van der Waals surface area contributed by atoms with E-state index >= 15 is 0 Å². The molecule has 0 unspecified atom stereocenters. The largest absolute Gasteiger partial charge is 0.441 e. The predicted octanol–water partition coefficient (Wildman–Crippen LogP) is 2.79. The number of primary amides is 1. The highest BCUT2D eigenvalue weighted by Crippen LogP contribution is 2.21. The van der Waals surface area contributed by atoms with Gasteiger partial charge in [0, 0.05) is 9.93 Å². The van der Waals surface area contributed by atoms with Crippen molar-refractivity contribution in [2.45, 2.75) is 6.10 Å². The number of hydrogen-bond donors (Lipinski definition) is 1. The molecule has 0 spiro atoms. The first-order valence-corrected chi connectivity index (χ1v) is 4.73. The molecule has 1 atom stereocenters. The SMILES string of the molecule is [N-]=[N+]=NC[C@@H](OC(N)=O)c1cccc(Cl)c1. The third kappa shape index (κ3) is 3.68. The molecule has 0 bridgehead atoms. The fraction of sp³-hybridized carbons (Fsp3) is 0.222. The van der Waals surface area contributed by atoms with Crippen LogP contribution in [0.3, 0.4) is 0 Å². The normalized spacial score (nSPS) is 11.3. The minimum atomic E-state index is -0.932. The summed E-state index contributed by atoms with van der Waals surface area (Å²) < 4.78 is 4.81. The summed E-state index contributed by atoms with van der Waals surface area (Å²) in [5.74, 6) is 0. The lowest BCUT2D eigenvalue weighted by Gasteiger charge is -2.14. The standard InChI is InChI=1S/C9H9ClN4O2/c10-7-3-1-2-6(4-7)8(5-13-14-12)16-9(11)15/h1-4,8H,5H2,(H2,11,15)/t8-/m1/s1. The second-order valence-electron chi connectivity index (χ2n) is 2.89. The number of azide groups is 1. The molecular weight excluding hydrogens is 232 g/mol. The summed E-state index contributed by atoms with van der Waals surface area (Å²) in [5.41, 5.74) is 13.7. The minimum absolute atomic E-state index is 0.0280. The summed E-state index contributed by atoms with van der Waals surface area (Å²) in [6.45, 7) is -0.0280. The molecule has 84 valence electrons. The zero-order valence-electron chi connectivity index (χ0n) is 8.21. The Balaban J connectivity index is 2.90. The third-order valence-corrected chi connectivity index (χ3v) is 2.02. The highest BCUT2D eigenvalue weighted by Gasteiger charge is 2.14. The average Bonchev–Trinajstić information content (AvgIpc) is 2.23. The molecule has 2 N–H and O–H groups in total. The molecule has 0 aromatic heterocycles. The number of hydrogen-bond acceptors (Lipinski definition) is 3. The van der Waals surface area contributed by atoms with E-state index in [9.17, 15) is 4.79 Å². The van der Waals surface area contributed by atoms with Crippen LogP contribution in [-0.2, 0) is 4.74 Å². The van der Waals surface area contributed by atoms with Crippen molar-refractivity contribution >= 4 is 17.7 Å². The van der Waals surface area contributed by atoms with Crippen LogP contribution in [0.2, 0.25) is 5.02 Å². The molecule has 16 heavy (non-hydrogen) atoms. The lowest BCUT2D eigenvalue weighted by molar-refractivity contribution is 0.111. The van der Waals surface area contributed by atoms with Gasteiger partial charge in [0.15, 0.2) is 0 Å². The number of benzene rings is 1. The molecule has 0 aliphatic heterocycles. The van der Waals surface area contributed by atoms with Crippen LogP contribution >= 0.6 is 11.6 Å². The van der Waals surface area contributed by atoms with Crippen LogP contribution in [0.5, 0.6) is 0 Å². The van der Waals surface area contributed by atoms with Gasteiger partial charge in [-0.15, -0.1) is 0 Å². The molecule has 6 nitrogen and oxygen atoms in total. The van der Waals surface area contributed by atoms with E-state index < -0.39 is 12.2 Å². The van der Waals surface area contributed by atoms with Gasteiger partial charge >= 0.3 is 6.09 Å². The Bertz CT molecular complexity index is 427. The van der Waals surface area contributed by atoms with Gasteiger partial charge in [-0.3, -0.25) is 0 Å². The van der Waals surface area contributed by atoms with Gasteiger partial charge in [0.05, 0.1) is 6.54 Å². The van der Waals surface area contributed by atoms with Gasteiger partial charge in [0.2, 0.25) is 0 Å². The minimum Gasteiger partial charge on any atom is -0.441 e. The number of nitrogens with two attached hydrogens (primary N) is 1. The number of carbonyl (C=O) groups excluding carboxylic acids is 1. The Labute approximate surface area is 96.6 Å². The van der Waals surface area contributed by atoms with E-state index in [1.165, 1.54) is 0 Å². The topological polar surface area (TPSA) is 101 Å². The molecule has 7 heteroatoms. The van der Waals surface area contributed by atoms with Crippen molar-refractivity contribution in [1.82, 2.24) is 0 Å². The number of nitrogens with zero attached hydrogens (tertiary/aromatic N) is 3. The maximum atomic E-state index is 10.7. The van der Waals surface area contributed by atoms with E-state index in [-0.39, 0.29) is 6.54 Å². The van der Waals surface area contributed by atoms with Crippen molar-refractivity contribution in [3.05, 3.63) is 45.3 Å². The van der Waals surface area contributed by atoms with E-state index in [1.807, 2.05) is 0 Å². The van der Waals surface area contributed by atoms with Crippen LogP contribution in [-0.4, -0.2) is 12.6 Å². The maximum Gasteiger partial charge on any atom is 0.405 e. The molecule has 1 rings (SSSR count). The van der Waals surface area contributed by atoms with Crippen LogP contribution in [0, 0.1) is 0 Å². The summed E-state index contributed by atoms with van der Waals surface area (Å²) in [4.78, 5) is 13.3. The lowest BCUT2D eigenvalue weighted by Crippen LogP contribution is -2.19. The van der Waals surface area contributed by atoms with E-state index in [4.69, 9.17) is 27.6 Å². The molecule has 1 aromatic rings. The quantitative estimate of drug-likeness (QED) is 0.497. The Morgan fingerprint density at radius 2 is 2.44 bits per heavy atom. The first kappa shape index (κ1) is 12.2. The maximum absolute atomic E-state index is 10.7. The molecule has 1 amide bonds. The van der Waals surface area contributed by atoms with Crippen molar-refractivity contribution in [1.29, 1.82) is 0 Å². The van der Waals surface area contributed by atoms with Gasteiger partial charge in [-0.25, -0.2) is 4.79 Å². The monoisotopic (exact) mass is 240 g/mol. The zero-order chi connectivity index (χ0) is 12.0. The van der Waals surface area contributed by atoms with Crippen molar-refractivity contribution < 1.29 is 9.53 Å². The molecule has 0 saturated heterocycles. The third-order valence-electron chi connectivity index (χ3n) is 1.79. The van der Waals surface area contributed by atoms with Crippen molar-refractivity contribution in [2.24, 2.45) is 10.8 Å². The average molecular weight is 241 g/mol. The highest BCUT2D eigenvalue weighted by molar-refractivity contribution is 6.30. The van der Waals surface area contributed by atoms with Crippen LogP contribution in [0.4, 0.5) is 4.79 Å². The number of rotatable bonds is 4. The summed E-state index contributed by atoms with van der Waals surface area (Å²) >= 11 is 5.78. The smallest absolute Gasteiger partial charge is 0.405 e. The first-order chi connectivity index (χ1) is 7.63. The molecule has 0 aliphatic carbocycles. The molecule has 0 radical (unpaired) electrons. The number of carbonyl (C=O) groups is 1. The summed E-state index contributed by atoms with van der Waals surface area (Å²) in [7, 11) is 0. The van der Waals surface area contributed by atoms with Gasteiger partial charge in [-0.05, 0) is 23.2 Å². The highest BCUT2D eigenvalue weighted by atomic mass is 35.5. The van der Waals surface area contributed by atoms with Crippen molar-refractivity contribution in [3.63, 3.8) is 0 Å². The van der Waals surface area contributed by atoms with Gasteiger partial charge in [0.1, 0.15) is 6.10 Å². The first-order valence-electron chi connectivity index (χ1n) is 4.36.